The number of aryl methyl sites for hydroxylation is 1. The van der Waals surface area contributed by atoms with E-state index in [-0.39, 0.29) is 11.8 Å². The fourth-order valence-corrected chi connectivity index (χ4v) is 3.40. The van der Waals surface area contributed by atoms with Crippen LogP contribution in [0.3, 0.4) is 0 Å². The lowest BCUT2D eigenvalue weighted by Gasteiger charge is -2.37. The summed E-state index contributed by atoms with van der Waals surface area (Å²) in [5.41, 5.74) is 0.122. The monoisotopic (exact) mass is 361 g/mol. The highest BCUT2D eigenvalue weighted by Crippen LogP contribution is 2.28. The summed E-state index contributed by atoms with van der Waals surface area (Å²) in [5.74, 6) is 0.925. The van der Waals surface area contributed by atoms with Gasteiger partial charge in [-0.1, -0.05) is 11.6 Å². The number of benzene rings is 1. The van der Waals surface area contributed by atoms with Crippen molar-refractivity contribution < 1.29 is 9.53 Å². The minimum absolute atomic E-state index is 0.00285. The number of hydrogen-bond donors (Lipinski definition) is 0. The quantitative estimate of drug-likeness (QED) is 0.835. The fourth-order valence-electron chi connectivity index (χ4n) is 3.28. The molecule has 6 heteroatoms. The Bertz CT molecular complexity index is 739. The van der Waals surface area contributed by atoms with Crippen LogP contribution in [0.4, 0.5) is 0 Å². The number of aromatic nitrogens is 2. The van der Waals surface area contributed by atoms with Crippen LogP contribution in [0.15, 0.2) is 36.5 Å². The van der Waals surface area contributed by atoms with Gasteiger partial charge in [0.15, 0.2) is 5.60 Å². The largest absolute Gasteiger partial charge is 0.478 e. The minimum Gasteiger partial charge on any atom is -0.478 e. The van der Waals surface area contributed by atoms with E-state index in [1.165, 1.54) is 0 Å². The van der Waals surface area contributed by atoms with Crippen LogP contribution in [0.5, 0.6) is 5.75 Å². The molecule has 1 aliphatic heterocycles. The number of halogens is 1. The number of hydrogen-bond acceptors (Lipinski definition) is 3. The average Bonchev–Trinajstić information content (AvgIpc) is 3.03. The van der Waals surface area contributed by atoms with Crippen molar-refractivity contribution in [2.45, 2.75) is 38.2 Å². The van der Waals surface area contributed by atoms with E-state index in [0.29, 0.717) is 17.3 Å². The van der Waals surface area contributed by atoms with Gasteiger partial charge in [-0.15, -0.1) is 0 Å². The van der Waals surface area contributed by atoms with Crippen LogP contribution in [0.2, 0.25) is 5.02 Å². The highest BCUT2D eigenvalue weighted by molar-refractivity contribution is 6.30. The molecule has 0 radical (unpaired) electrons. The Balaban J connectivity index is 1.69. The van der Waals surface area contributed by atoms with E-state index in [2.05, 4.69) is 5.10 Å². The third-order valence-corrected chi connectivity index (χ3v) is 4.81. The Morgan fingerprint density at radius 1 is 1.28 bits per heavy atom. The molecule has 1 aromatic carbocycles. The smallest absolute Gasteiger partial charge is 0.266 e. The number of carbonyl (C=O) groups is 1. The second-order valence-electron chi connectivity index (χ2n) is 7.07. The van der Waals surface area contributed by atoms with Crippen LogP contribution < -0.4 is 4.74 Å². The van der Waals surface area contributed by atoms with Crippen LogP contribution in [0.25, 0.3) is 0 Å². The number of carbonyl (C=O) groups excluding carboxylic acids is 1. The molecule has 25 heavy (non-hydrogen) atoms. The average molecular weight is 362 g/mol. The summed E-state index contributed by atoms with van der Waals surface area (Å²) in [5, 5.41) is 5.15. The summed E-state index contributed by atoms with van der Waals surface area (Å²) in [6.07, 6.45) is 3.98. The van der Waals surface area contributed by atoms with E-state index in [1.807, 2.05) is 42.7 Å². The summed E-state index contributed by atoms with van der Waals surface area (Å²) in [6.45, 7) is 5.07. The maximum atomic E-state index is 13.0. The molecule has 1 aromatic heterocycles. The van der Waals surface area contributed by atoms with Crippen LogP contribution >= 0.6 is 11.6 Å². The Labute approximate surface area is 153 Å². The Morgan fingerprint density at radius 2 is 2.00 bits per heavy atom. The first-order chi connectivity index (χ1) is 11.8. The zero-order valence-corrected chi connectivity index (χ0v) is 15.7. The highest BCUT2D eigenvalue weighted by Gasteiger charge is 2.37. The van der Waals surface area contributed by atoms with Crippen molar-refractivity contribution in [3.05, 3.63) is 47.2 Å². The zero-order valence-electron chi connectivity index (χ0n) is 14.9. The zero-order chi connectivity index (χ0) is 18.0. The first-order valence-electron chi connectivity index (χ1n) is 8.58. The predicted molar refractivity (Wildman–Crippen MR) is 97.9 cm³/mol. The molecule has 0 bridgehead atoms. The molecule has 0 aliphatic carbocycles. The van der Waals surface area contributed by atoms with E-state index in [4.69, 9.17) is 16.3 Å². The third-order valence-electron chi connectivity index (χ3n) is 4.56. The highest BCUT2D eigenvalue weighted by atomic mass is 35.5. The number of nitrogens with zero attached hydrogens (tertiary/aromatic N) is 3. The van der Waals surface area contributed by atoms with Crippen molar-refractivity contribution in [3.63, 3.8) is 0 Å². The van der Waals surface area contributed by atoms with Gasteiger partial charge in [-0.05, 0) is 57.0 Å². The number of amides is 1. The molecule has 0 spiro atoms. The van der Waals surface area contributed by atoms with E-state index in [0.717, 1.165) is 25.1 Å². The molecule has 3 rings (SSSR count). The van der Waals surface area contributed by atoms with Crippen molar-refractivity contribution in [1.82, 2.24) is 14.7 Å². The van der Waals surface area contributed by atoms with Gasteiger partial charge in [-0.3, -0.25) is 9.48 Å². The molecule has 1 atom stereocenters. The molecule has 2 aromatic rings. The van der Waals surface area contributed by atoms with E-state index >= 15 is 0 Å². The lowest BCUT2D eigenvalue weighted by molar-refractivity contribution is -0.146. The van der Waals surface area contributed by atoms with Gasteiger partial charge in [0, 0.05) is 37.3 Å². The predicted octanol–water partition coefficient (Wildman–Crippen LogP) is 3.64. The molecule has 1 amide bonds. The molecule has 0 unspecified atom stereocenters. The molecule has 0 saturated carbocycles. The number of piperidine rings is 1. The van der Waals surface area contributed by atoms with E-state index in [9.17, 15) is 4.79 Å². The van der Waals surface area contributed by atoms with Crippen LogP contribution in [-0.2, 0) is 11.8 Å². The van der Waals surface area contributed by atoms with Crippen molar-refractivity contribution in [3.8, 4) is 5.75 Å². The maximum Gasteiger partial charge on any atom is 0.266 e. The fraction of sp³-hybridized carbons (Fsp3) is 0.474. The number of rotatable bonds is 4. The first kappa shape index (κ1) is 17.8. The Kier molecular flexibility index (Phi) is 5.04. The van der Waals surface area contributed by atoms with Gasteiger partial charge in [-0.2, -0.15) is 5.10 Å². The molecule has 134 valence electrons. The molecular formula is C19H24ClN3O2. The summed E-state index contributed by atoms with van der Waals surface area (Å²) >= 11 is 5.90. The first-order valence-corrected chi connectivity index (χ1v) is 8.96. The summed E-state index contributed by atoms with van der Waals surface area (Å²) in [4.78, 5) is 14.9. The van der Waals surface area contributed by atoms with Gasteiger partial charge < -0.3 is 9.64 Å². The summed E-state index contributed by atoms with van der Waals surface area (Å²) in [7, 11) is 1.91. The second kappa shape index (κ2) is 7.08. The molecule has 1 saturated heterocycles. The summed E-state index contributed by atoms with van der Waals surface area (Å²) < 4.78 is 7.76. The standard InChI is InChI=1S/C19H24ClN3O2/c1-19(2,25-16-8-6-15(20)7-9-16)18(24)23-11-4-5-14(13-23)17-10-12-22(3)21-17/h6-10,12,14H,4-5,11,13H2,1-3H3/t14-/m0/s1. The Hall–Kier alpha value is -2.01. The number of likely N-dealkylation sites (tertiary alicyclic amines) is 1. The normalized spacial score (nSPS) is 18.2. The lowest BCUT2D eigenvalue weighted by Crippen LogP contribution is -2.51. The van der Waals surface area contributed by atoms with Gasteiger partial charge in [0.1, 0.15) is 5.75 Å². The van der Waals surface area contributed by atoms with Crippen molar-refractivity contribution in [2.24, 2.45) is 7.05 Å². The van der Waals surface area contributed by atoms with Crippen LogP contribution in [0, 0.1) is 0 Å². The maximum absolute atomic E-state index is 13.0. The molecule has 1 fully saturated rings. The van der Waals surface area contributed by atoms with Gasteiger partial charge in [-0.25, -0.2) is 0 Å². The van der Waals surface area contributed by atoms with Gasteiger partial charge in [0.05, 0.1) is 5.69 Å². The van der Waals surface area contributed by atoms with Crippen molar-refractivity contribution >= 4 is 17.5 Å². The molecule has 2 heterocycles. The minimum atomic E-state index is -0.931. The Morgan fingerprint density at radius 3 is 2.64 bits per heavy atom. The van der Waals surface area contributed by atoms with E-state index < -0.39 is 5.60 Å². The van der Waals surface area contributed by atoms with Gasteiger partial charge in [0.25, 0.3) is 5.91 Å². The molecule has 1 aliphatic rings. The molecular weight excluding hydrogens is 338 g/mol. The third kappa shape index (κ3) is 4.15. The van der Waals surface area contributed by atoms with Crippen LogP contribution in [-0.4, -0.2) is 39.3 Å². The molecule has 0 N–H and O–H groups in total. The van der Waals surface area contributed by atoms with Crippen molar-refractivity contribution in [1.29, 1.82) is 0 Å². The lowest BCUT2D eigenvalue weighted by atomic mass is 9.93. The topological polar surface area (TPSA) is 47.4 Å². The summed E-state index contributed by atoms with van der Waals surface area (Å²) in [6, 6.07) is 9.12. The SMILES string of the molecule is Cn1ccc([C@H]2CCCN(C(=O)C(C)(C)Oc3ccc(Cl)cc3)C2)n1. The number of ether oxygens (including phenoxy) is 1. The van der Waals surface area contributed by atoms with Crippen molar-refractivity contribution in [2.75, 3.05) is 13.1 Å². The van der Waals surface area contributed by atoms with Crippen LogP contribution in [0.1, 0.15) is 38.3 Å². The van der Waals surface area contributed by atoms with Gasteiger partial charge >= 0.3 is 0 Å². The van der Waals surface area contributed by atoms with E-state index in [1.54, 1.807) is 24.3 Å². The van der Waals surface area contributed by atoms with Gasteiger partial charge in [0.2, 0.25) is 0 Å². The second-order valence-corrected chi connectivity index (χ2v) is 7.51. The molecule has 5 nitrogen and oxygen atoms in total.